The molecule has 6 aliphatic rings. The van der Waals surface area contributed by atoms with Gasteiger partial charge < -0.3 is 102 Å². The Kier molecular flexibility index (Phi) is 23.1. The highest BCUT2D eigenvalue weighted by Gasteiger charge is 2.35. The third-order valence-electron chi connectivity index (χ3n) is 17.9. The lowest BCUT2D eigenvalue weighted by Gasteiger charge is -2.14. The number of nitrogens with zero attached hydrogens (tertiary/aromatic N) is 6. The Morgan fingerprint density at radius 3 is 0.500 bits per heavy atom. The first-order valence-corrected chi connectivity index (χ1v) is 29.6. The molecule has 0 radical (unpaired) electrons. The zero-order chi connectivity index (χ0) is 53.0. The first-order valence-electron chi connectivity index (χ1n) is 29.6. The second-order valence-electron chi connectivity index (χ2n) is 23.7. The summed E-state index contributed by atoms with van der Waals surface area (Å²) in [4.78, 5) is 0. The van der Waals surface area contributed by atoms with E-state index in [1.807, 2.05) is 0 Å². The summed E-state index contributed by atoms with van der Waals surface area (Å²) in [7, 11) is 0. The fourth-order valence-corrected chi connectivity index (χ4v) is 14.0. The number of aryl methyl sites for hydroxylation is 18. The van der Waals surface area contributed by atoms with Crippen LogP contribution in [0.25, 0.3) is 67.5 Å². The SMILES string of the molecule is Cc1cc[n+]2c(c1)-c1c(ccc3c1-c1cc(C)cc[n+]1CCC3)CCC2.Cc1cc[n+]2c(c1)-c1c(ccc3c1-c1cc(C)cc[n+]1CCC3)CCC2.Cc1cc[n+]2c(c1)-c1c(ccc3c1-c1cc(C)cc[n+]1CCC3)CCC2.[Br-].[Br-].[Br-].[Br-].[Br-].[Br-]. The molecule has 0 spiro atoms. The van der Waals surface area contributed by atoms with Gasteiger partial charge in [0.2, 0.25) is 34.2 Å². The fourth-order valence-electron chi connectivity index (χ4n) is 14.0. The van der Waals surface area contributed by atoms with Gasteiger partial charge in [0.05, 0.1) is 33.4 Å². The van der Waals surface area contributed by atoms with E-state index < -0.39 is 0 Å². The smallest absolute Gasteiger partial charge is 0.213 e. The summed E-state index contributed by atoms with van der Waals surface area (Å²) in [5.74, 6) is 0. The van der Waals surface area contributed by atoms with Gasteiger partial charge in [-0.1, -0.05) is 36.4 Å². The largest absolute Gasteiger partial charge is 1.00 e. The maximum Gasteiger partial charge on any atom is 0.213 e. The van der Waals surface area contributed by atoms with E-state index in [2.05, 4.69) is 215 Å². The van der Waals surface area contributed by atoms with Gasteiger partial charge in [0.25, 0.3) is 0 Å². The lowest BCUT2D eigenvalue weighted by molar-refractivity contribution is -0.687. The number of hydrogen-bond donors (Lipinski definition) is 0. The molecule has 0 saturated carbocycles. The molecule has 6 nitrogen and oxygen atoms in total. The van der Waals surface area contributed by atoms with Gasteiger partial charge in [-0.15, -0.1) is 0 Å². The lowest BCUT2D eigenvalue weighted by atomic mass is 9.88. The van der Waals surface area contributed by atoms with Gasteiger partial charge in [0, 0.05) is 111 Å². The van der Waals surface area contributed by atoms with Crippen molar-refractivity contribution in [3.8, 4) is 67.5 Å². The number of rotatable bonds is 0. The average Bonchev–Trinajstić information content (AvgIpc) is 4.10. The van der Waals surface area contributed by atoms with Crippen LogP contribution in [0.5, 0.6) is 0 Å². The van der Waals surface area contributed by atoms with Crippen LogP contribution in [-0.4, -0.2) is 0 Å². The summed E-state index contributed by atoms with van der Waals surface area (Å²) in [5, 5.41) is 0. The van der Waals surface area contributed by atoms with Crippen molar-refractivity contribution in [3.05, 3.63) is 213 Å². The highest BCUT2D eigenvalue weighted by molar-refractivity contribution is 5.86. The van der Waals surface area contributed by atoms with E-state index >= 15 is 0 Å². The van der Waals surface area contributed by atoms with Crippen molar-refractivity contribution in [3.63, 3.8) is 0 Å². The Bertz CT molecular complexity index is 3230. The van der Waals surface area contributed by atoms with E-state index in [4.69, 9.17) is 0 Å². The second kappa shape index (κ2) is 29.0. The molecule has 3 aromatic carbocycles. The molecule has 0 atom stereocenters. The summed E-state index contributed by atoms with van der Waals surface area (Å²) >= 11 is 0. The van der Waals surface area contributed by atoms with Gasteiger partial charge in [-0.25, -0.2) is 0 Å². The molecule has 0 bridgehead atoms. The van der Waals surface area contributed by atoms with Crippen molar-refractivity contribution in [1.29, 1.82) is 0 Å². The van der Waals surface area contributed by atoms with Crippen LogP contribution in [0.2, 0.25) is 0 Å². The summed E-state index contributed by atoms with van der Waals surface area (Å²) in [6, 6.07) is 42.1. The van der Waals surface area contributed by atoms with Gasteiger partial charge in [-0.2, -0.15) is 27.4 Å². The Labute approximate surface area is 562 Å². The van der Waals surface area contributed by atoms with E-state index in [0.717, 1.165) is 77.8 Å². The van der Waals surface area contributed by atoms with Crippen LogP contribution >= 0.6 is 0 Å². The molecule has 0 unspecified atom stereocenters. The topological polar surface area (TPSA) is 23.3 Å². The molecule has 0 saturated heterocycles. The van der Waals surface area contributed by atoms with Crippen LogP contribution in [0.15, 0.2) is 146 Å². The van der Waals surface area contributed by atoms with Crippen LogP contribution in [-0.2, 0) is 77.8 Å². The quantitative estimate of drug-likeness (QED) is 0.136. The van der Waals surface area contributed by atoms with Gasteiger partial charge >= 0.3 is 0 Å². The van der Waals surface area contributed by atoms with E-state index in [0.29, 0.717) is 0 Å². The Morgan fingerprint density at radius 2 is 0.357 bits per heavy atom. The Morgan fingerprint density at radius 1 is 0.214 bits per heavy atom. The average molecular weight is 1510 g/mol. The number of halogens is 6. The minimum Gasteiger partial charge on any atom is -1.00 e. The molecule has 12 heteroatoms. The van der Waals surface area contributed by atoms with Crippen LogP contribution < -0.4 is 129 Å². The van der Waals surface area contributed by atoms with Gasteiger partial charge in [-0.05, 0) is 147 Å². The number of benzene rings is 3. The van der Waals surface area contributed by atoms with E-state index in [-0.39, 0.29) is 102 Å². The second-order valence-corrected chi connectivity index (χ2v) is 23.7. The normalized spacial score (nSPS) is 14.1. The minimum atomic E-state index is 0. The number of aromatic nitrogens is 6. The van der Waals surface area contributed by atoms with Crippen molar-refractivity contribution in [2.75, 3.05) is 0 Å². The van der Waals surface area contributed by atoms with Crippen LogP contribution in [0.3, 0.4) is 0 Å². The summed E-state index contributed by atoms with van der Waals surface area (Å²) in [5.41, 5.74) is 34.3. The molecule has 438 valence electrons. The summed E-state index contributed by atoms with van der Waals surface area (Å²) in [6.45, 7) is 19.9. The lowest BCUT2D eigenvalue weighted by Crippen LogP contribution is -3.00. The molecule has 0 amide bonds. The van der Waals surface area contributed by atoms with Gasteiger partial charge in [0.1, 0.15) is 39.3 Å². The van der Waals surface area contributed by atoms with E-state index in [9.17, 15) is 0 Å². The minimum absolute atomic E-state index is 0. The monoisotopic (exact) mass is 1500 g/mol. The molecule has 6 aliphatic heterocycles. The maximum absolute atomic E-state index is 2.46. The number of fused-ring (bicyclic) bond motifs is 21. The van der Waals surface area contributed by atoms with Gasteiger partial charge in [0.15, 0.2) is 37.2 Å². The molecule has 15 rings (SSSR count). The maximum atomic E-state index is 2.46. The molecule has 6 aromatic heterocycles. The molecule has 9 aromatic rings. The van der Waals surface area contributed by atoms with Crippen molar-refractivity contribution in [1.82, 2.24) is 0 Å². The van der Waals surface area contributed by atoms with Gasteiger partial charge in [-0.3, -0.25) is 0 Å². The van der Waals surface area contributed by atoms with E-state index in [1.54, 1.807) is 0 Å². The highest BCUT2D eigenvalue weighted by Crippen LogP contribution is 2.42. The summed E-state index contributed by atoms with van der Waals surface area (Å²) < 4.78 is 14.8. The van der Waals surface area contributed by atoms with Crippen LogP contribution in [0.1, 0.15) is 105 Å². The van der Waals surface area contributed by atoms with Crippen molar-refractivity contribution < 1.29 is 129 Å². The standard InChI is InChI=1S/3C24H26N2.6BrH/c3*1-17-9-13-25-11-3-5-19-7-8-20-6-4-12-26-14-10-18(2)16-22(26)24(20)23(19)21(25)15-17;;;;;;/h3*7-10,13-16H,3-6,11-12H2,1-2H3;6*1H/q3*+2;;;;;;/p-6. The predicted octanol–water partition coefficient (Wildman–Crippen LogP) is -5.66. The molecular weight excluding hydrogens is 1430 g/mol. The first kappa shape index (κ1) is 67.0. The highest BCUT2D eigenvalue weighted by atomic mass is 79.9. The van der Waals surface area contributed by atoms with Crippen molar-refractivity contribution in [2.24, 2.45) is 0 Å². The molecule has 0 aliphatic carbocycles. The van der Waals surface area contributed by atoms with E-state index in [1.165, 1.54) is 173 Å². The third kappa shape index (κ3) is 13.3. The van der Waals surface area contributed by atoms with Crippen molar-refractivity contribution in [2.45, 2.75) is 158 Å². The molecule has 0 N–H and O–H groups in total. The molecule has 12 heterocycles. The van der Waals surface area contributed by atoms with Crippen molar-refractivity contribution >= 4 is 0 Å². The van der Waals surface area contributed by atoms with Crippen LogP contribution in [0, 0.1) is 41.5 Å². The number of hydrogen-bond acceptors (Lipinski definition) is 0. The molecule has 0 fully saturated rings. The number of pyridine rings is 6. The first-order chi connectivity index (χ1) is 38.1. The molecular formula is C72H78Br6N6. The Balaban J connectivity index is 0.000000175. The van der Waals surface area contributed by atoms with Crippen LogP contribution in [0.4, 0.5) is 0 Å². The summed E-state index contributed by atoms with van der Waals surface area (Å²) in [6.07, 6.45) is 27.9. The zero-order valence-corrected chi connectivity index (χ0v) is 59.1. The fraction of sp³-hybridized carbons (Fsp3) is 0.333. The zero-order valence-electron chi connectivity index (χ0n) is 49.5. The predicted molar refractivity (Wildman–Crippen MR) is 311 cm³/mol. The third-order valence-corrected chi connectivity index (χ3v) is 17.9. The Hall–Kier alpha value is -4.56. The molecule has 84 heavy (non-hydrogen) atoms.